The average Bonchev–Trinajstić information content (AvgIpc) is 3.26. The SMILES string of the molecule is COc1ccc(-c2cc(C(=O)N3CCN(c4ccccc4Cl)CC3)c(C)n2-c2ccc(C)cc2)cc1. The summed E-state index contributed by atoms with van der Waals surface area (Å²) >= 11 is 6.41. The van der Waals surface area contributed by atoms with Crippen molar-refractivity contribution in [2.24, 2.45) is 0 Å². The molecule has 1 fully saturated rings. The number of para-hydroxylation sites is 1. The zero-order chi connectivity index (χ0) is 25.2. The van der Waals surface area contributed by atoms with E-state index in [1.165, 1.54) is 5.56 Å². The maximum absolute atomic E-state index is 13.8. The minimum Gasteiger partial charge on any atom is -0.497 e. The van der Waals surface area contributed by atoms with Crippen LogP contribution in [0.5, 0.6) is 5.75 Å². The summed E-state index contributed by atoms with van der Waals surface area (Å²) in [5.74, 6) is 0.864. The third-order valence-electron chi connectivity index (χ3n) is 6.92. The summed E-state index contributed by atoms with van der Waals surface area (Å²) in [4.78, 5) is 18.0. The second-order valence-corrected chi connectivity index (χ2v) is 9.57. The van der Waals surface area contributed by atoms with Gasteiger partial charge in [0.25, 0.3) is 5.91 Å². The van der Waals surface area contributed by atoms with Crippen molar-refractivity contribution in [3.8, 4) is 22.7 Å². The van der Waals surface area contributed by atoms with Crippen molar-refractivity contribution in [2.45, 2.75) is 13.8 Å². The van der Waals surface area contributed by atoms with Gasteiger partial charge in [-0.15, -0.1) is 0 Å². The highest BCUT2D eigenvalue weighted by Crippen LogP contribution is 2.32. The highest BCUT2D eigenvalue weighted by Gasteiger charge is 2.27. The number of carbonyl (C=O) groups excluding carboxylic acids is 1. The number of hydrogen-bond acceptors (Lipinski definition) is 3. The van der Waals surface area contributed by atoms with Crippen LogP contribution in [0.4, 0.5) is 5.69 Å². The molecule has 1 aliphatic rings. The van der Waals surface area contributed by atoms with E-state index < -0.39 is 0 Å². The van der Waals surface area contributed by atoms with Crippen LogP contribution < -0.4 is 9.64 Å². The molecular formula is C30H30ClN3O2. The van der Waals surface area contributed by atoms with Crippen LogP contribution in [-0.2, 0) is 0 Å². The number of nitrogens with zero attached hydrogens (tertiary/aromatic N) is 3. The van der Waals surface area contributed by atoms with Gasteiger partial charge >= 0.3 is 0 Å². The first-order valence-electron chi connectivity index (χ1n) is 12.2. The molecule has 5 nitrogen and oxygen atoms in total. The number of methoxy groups -OCH3 is 1. The van der Waals surface area contributed by atoms with Crippen molar-refractivity contribution < 1.29 is 9.53 Å². The lowest BCUT2D eigenvalue weighted by Gasteiger charge is -2.36. The van der Waals surface area contributed by atoms with E-state index in [-0.39, 0.29) is 5.91 Å². The maximum atomic E-state index is 13.8. The molecule has 0 unspecified atom stereocenters. The summed E-state index contributed by atoms with van der Waals surface area (Å²) < 4.78 is 7.52. The van der Waals surface area contributed by atoms with E-state index in [1.807, 2.05) is 66.4 Å². The molecule has 0 aliphatic carbocycles. The van der Waals surface area contributed by atoms with E-state index >= 15 is 0 Å². The fraction of sp³-hybridized carbons (Fsp3) is 0.233. The lowest BCUT2D eigenvalue weighted by molar-refractivity contribution is 0.0746. The van der Waals surface area contributed by atoms with Gasteiger partial charge < -0.3 is 19.1 Å². The van der Waals surface area contributed by atoms with Gasteiger partial charge in [0.2, 0.25) is 0 Å². The number of benzene rings is 3. The van der Waals surface area contributed by atoms with Crippen LogP contribution in [0.25, 0.3) is 16.9 Å². The summed E-state index contributed by atoms with van der Waals surface area (Å²) in [6, 6.07) is 26.3. The molecule has 1 saturated heterocycles. The van der Waals surface area contributed by atoms with Gasteiger partial charge in [0.05, 0.1) is 29.1 Å². The quantitative estimate of drug-likeness (QED) is 0.319. The fourth-order valence-corrected chi connectivity index (χ4v) is 5.11. The third-order valence-corrected chi connectivity index (χ3v) is 7.24. The average molecular weight is 500 g/mol. The molecule has 0 atom stereocenters. The summed E-state index contributed by atoms with van der Waals surface area (Å²) in [7, 11) is 1.66. The summed E-state index contributed by atoms with van der Waals surface area (Å²) in [6.45, 7) is 6.90. The van der Waals surface area contributed by atoms with Gasteiger partial charge in [0, 0.05) is 37.6 Å². The standard InChI is InChI=1S/C30H30ClN3O2/c1-21-8-12-24(13-9-21)34-22(2)26(20-29(34)23-10-14-25(36-3)15-11-23)30(35)33-18-16-32(17-19-33)28-7-5-4-6-27(28)31/h4-15,20H,16-19H2,1-3H3. The van der Waals surface area contributed by atoms with E-state index in [0.29, 0.717) is 13.1 Å². The van der Waals surface area contributed by atoms with E-state index in [1.54, 1.807) is 7.11 Å². The predicted octanol–water partition coefficient (Wildman–Crippen LogP) is 6.39. The molecule has 36 heavy (non-hydrogen) atoms. The number of piperazine rings is 1. The Bertz CT molecular complexity index is 1370. The zero-order valence-electron chi connectivity index (χ0n) is 20.9. The van der Waals surface area contributed by atoms with Gasteiger partial charge in [-0.3, -0.25) is 4.79 Å². The van der Waals surface area contributed by atoms with E-state index in [4.69, 9.17) is 16.3 Å². The smallest absolute Gasteiger partial charge is 0.255 e. The summed E-state index contributed by atoms with van der Waals surface area (Å²) in [6.07, 6.45) is 0. The number of hydrogen-bond donors (Lipinski definition) is 0. The van der Waals surface area contributed by atoms with Crippen LogP contribution in [0.2, 0.25) is 5.02 Å². The molecule has 1 aromatic heterocycles. The minimum absolute atomic E-state index is 0.0620. The van der Waals surface area contributed by atoms with Crippen LogP contribution in [0.1, 0.15) is 21.6 Å². The molecule has 0 spiro atoms. The highest BCUT2D eigenvalue weighted by atomic mass is 35.5. The van der Waals surface area contributed by atoms with E-state index in [9.17, 15) is 4.79 Å². The number of rotatable bonds is 5. The Kier molecular flexibility index (Phi) is 6.75. The van der Waals surface area contributed by atoms with Gasteiger partial charge in [-0.1, -0.05) is 41.4 Å². The van der Waals surface area contributed by atoms with Gasteiger partial charge in [0.1, 0.15) is 5.75 Å². The number of aryl methyl sites for hydroxylation is 1. The largest absolute Gasteiger partial charge is 0.497 e. The molecule has 2 heterocycles. The Labute approximate surface area is 217 Å². The molecule has 0 radical (unpaired) electrons. The van der Waals surface area contributed by atoms with Gasteiger partial charge in [-0.05, 0) is 74.0 Å². The van der Waals surface area contributed by atoms with Crippen molar-refractivity contribution in [2.75, 3.05) is 38.2 Å². The molecule has 4 aromatic rings. The lowest BCUT2D eigenvalue weighted by atomic mass is 10.1. The second-order valence-electron chi connectivity index (χ2n) is 9.16. The summed E-state index contributed by atoms with van der Waals surface area (Å²) in [5, 5.41) is 0.743. The number of amides is 1. The Morgan fingerprint density at radius 3 is 2.17 bits per heavy atom. The summed E-state index contributed by atoms with van der Waals surface area (Å²) in [5.41, 5.74) is 6.93. The number of halogens is 1. The normalized spacial score (nSPS) is 13.7. The molecule has 184 valence electrons. The number of aromatic nitrogens is 1. The molecule has 6 heteroatoms. The van der Waals surface area contributed by atoms with Crippen LogP contribution in [-0.4, -0.2) is 48.7 Å². The van der Waals surface area contributed by atoms with Gasteiger partial charge in [-0.2, -0.15) is 0 Å². The predicted molar refractivity (Wildman–Crippen MR) is 147 cm³/mol. The molecule has 1 aliphatic heterocycles. The van der Waals surface area contributed by atoms with Gasteiger partial charge in [-0.25, -0.2) is 0 Å². The fourth-order valence-electron chi connectivity index (χ4n) is 4.85. The Balaban J connectivity index is 1.46. The molecule has 3 aromatic carbocycles. The van der Waals surface area contributed by atoms with Crippen LogP contribution in [0.3, 0.4) is 0 Å². The first kappa shape index (κ1) is 24.0. The number of carbonyl (C=O) groups is 1. The Morgan fingerprint density at radius 2 is 1.53 bits per heavy atom. The molecule has 0 bridgehead atoms. The lowest BCUT2D eigenvalue weighted by Crippen LogP contribution is -2.49. The minimum atomic E-state index is 0.0620. The maximum Gasteiger partial charge on any atom is 0.255 e. The first-order chi connectivity index (χ1) is 17.5. The van der Waals surface area contributed by atoms with Crippen molar-refractivity contribution in [1.29, 1.82) is 0 Å². The van der Waals surface area contributed by atoms with Crippen LogP contribution >= 0.6 is 11.6 Å². The van der Waals surface area contributed by atoms with E-state index in [0.717, 1.165) is 57.8 Å². The highest BCUT2D eigenvalue weighted by molar-refractivity contribution is 6.33. The van der Waals surface area contributed by atoms with Crippen molar-refractivity contribution in [3.05, 3.63) is 101 Å². The Hall–Kier alpha value is -3.70. The van der Waals surface area contributed by atoms with Crippen molar-refractivity contribution in [3.63, 3.8) is 0 Å². The molecule has 5 rings (SSSR count). The Morgan fingerprint density at radius 1 is 0.861 bits per heavy atom. The second kappa shape index (κ2) is 10.1. The molecule has 0 N–H and O–H groups in total. The molecule has 1 amide bonds. The van der Waals surface area contributed by atoms with Crippen molar-refractivity contribution in [1.82, 2.24) is 9.47 Å². The monoisotopic (exact) mass is 499 g/mol. The molecular weight excluding hydrogens is 470 g/mol. The third kappa shape index (κ3) is 4.59. The van der Waals surface area contributed by atoms with Crippen molar-refractivity contribution >= 4 is 23.2 Å². The topological polar surface area (TPSA) is 37.7 Å². The van der Waals surface area contributed by atoms with Gasteiger partial charge in [0.15, 0.2) is 0 Å². The van der Waals surface area contributed by atoms with E-state index in [2.05, 4.69) is 40.7 Å². The zero-order valence-corrected chi connectivity index (χ0v) is 21.6. The first-order valence-corrected chi connectivity index (χ1v) is 12.6. The molecule has 0 saturated carbocycles. The van der Waals surface area contributed by atoms with Crippen LogP contribution in [0.15, 0.2) is 78.9 Å². The number of ether oxygens (including phenoxy) is 1. The number of anilines is 1. The van der Waals surface area contributed by atoms with Crippen LogP contribution in [0, 0.1) is 13.8 Å².